The molecule has 0 saturated heterocycles. The molecular weight excluding hydrogens is 314 g/mol. The van der Waals surface area contributed by atoms with Gasteiger partial charge in [-0.3, -0.25) is 0 Å². The molecular formula is C21H29NO3. The summed E-state index contributed by atoms with van der Waals surface area (Å²) in [7, 11) is 3.34. The van der Waals surface area contributed by atoms with E-state index in [0.717, 1.165) is 23.7 Å². The summed E-state index contributed by atoms with van der Waals surface area (Å²) in [5.74, 6) is 2.64. The van der Waals surface area contributed by atoms with Crippen molar-refractivity contribution >= 4 is 0 Å². The van der Waals surface area contributed by atoms with E-state index in [9.17, 15) is 0 Å². The van der Waals surface area contributed by atoms with Gasteiger partial charge < -0.3 is 19.9 Å². The molecule has 0 heterocycles. The molecule has 0 amide bonds. The number of nitrogens with two attached hydrogens (primary N) is 1. The summed E-state index contributed by atoms with van der Waals surface area (Å²) in [6, 6.07) is 12.3. The lowest BCUT2D eigenvalue weighted by molar-refractivity contribution is 0.230. The zero-order valence-electron chi connectivity index (χ0n) is 15.8. The SMILES string of the molecule is COc1ccc(C(CN)Cc2ccc(OC)c(OC(C)C)c2)c(C)c1. The summed E-state index contributed by atoms with van der Waals surface area (Å²) in [5.41, 5.74) is 9.71. The molecule has 4 nitrogen and oxygen atoms in total. The molecule has 136 valence electrons. The molecule has 0 aliphatic heterocycles. The first-order valence-electron chi connectivity index (χ1n) is 8.66. The number of hydrogen-bond acceptors (Lipinski definition) is 4. The van der Waals surface area contributed by atoms with Crippen molar-refractivity contribution in [2.45, 2.75) is 39.2 Å². The molecule has 0 bridgehead atoms. The highest BCUT2D eigenvalue weighted by Gasteiger charge is 2.16. The van der Waals surface area contributed by atoms with E-state index >= 15 is 0 Å². The first-order chi connectivity index (χ1) is 12.0. The molecule has 2 aromatic carbocycles. The van der Waals surface area contributed by atoms with Gasteiger partial charge in [0.05, 0.1) is 20.3 Å². The van der Waals surface area contributed by atoms with Gasteiger partial charge in [0, 0.05) is 5.92 Å². The number of aryl methyl sites for hydroxylation is 1. The lowest BCUT2D eigenvalue weighted by Crippen LogP contribution is -2.16. The van der Waals surface area contributed by atoms with Crippen LogP contribution in [0.25, 0.3) is 0 Å². The Hall–Kier alpha value is -2.20. The number of ether oxygens (including phenoxy) is 3. The Morgan fingerprint density at radius 3 is 2.28 bits per heavy atom. The molecule has 0 spiro atoms. The van der Waals surface area contributed by atoms with E-state index in [4.69, 9.17) is 19.9 Å². The fourth-order valence-electron chi connectivity index (χ4n) is 3.03. The average Bonchev–Trinajstić information content (AvgIpc) is 2.59. The van der Waals surface area contributed by atoms with Crippen LogP contribution in [-0.4, -0.2) is 26.9 Å². The quantitative estimate of drug-likeness (QED) is 0.784. The van der Waals surface area contributed by atoms with Crippen LogP contribution in [0.15, 0.2) is 36.4 Å². The third-order valence-electron chi connectivity index (χ3n) is 4.27. The van der Waals surface area contributed by atoms with Crippen LogP contribution in [0.5, 0.6) is 17.2 Å². The maximum Gasteiger partial charge on any atom is 0.161 e. The Bertz CT molecular complexity index is 698. The van der Waals surface area contributed by atoms with Gasteiger partial charge in [0.1, 0.15) is 5.75 Å². The summed E-state index contributed by atoms with van der Waals surface area (Å²) in [6.07, 6.45) is 0.945. The van der Waals surface area contributed by atoms with E-state index in [1.54, 1.807) is 14.2 Å². The van der Waals surface area contributed by atoms with Crippen molar-refractivity contribution in [3.8, 4) is 17.2 Å². The van der Waals surface area contributed by atoms with Crippen LogP contribution in [0.2, 0.25) is 0 Å². The zero-order valence-corrected chi connectivity index (χ0v) is 15.8. The molecule has 2 rings (SSSR count). The van der Waals surface area contributed by atoms with Crippen molar-refractivity contribution in [3.05, 3.63) is 53.1 Å². The minimum atomic E-state index is 0.0956. The van der Waals surface area contributed by atoms with Crippen LogP contribution in [0.3, 0.4) is 0 Å². The number of hydrogen-bond donors (Lipinski definition) is 1. The van der Waals surface area contributed by atoms with E-state index in [0.29, 0.717) is 6.54 Å². The fraction of sp³-hybridized carbons (Fsp3) is 0.429. The normalized spacial score (nSPS) is 12.1. The Kier molecular flexibility index (Phi) is 6.71. The molecule has 0 radical (unpaired) electrons. The van der Waals surface area contributed by atoms with Crippen molar-refractivity contribution in [1.82, 2.24) is 0 Å². The molecule has 0 aliphatic carbocycles. The van der Waals surface area contributed by atoms with E-state index in [2.05, 4.69) is 31.2 Å². The predicted octanol–water partition coefficient (Wildman–Crippen LogP) is 4.08. The smallest absolute Gasteiger partial charge is 0.161 e. The van der Waals surface area contributed by atoms with Gasteiger partial charge in [0.25, 0.3) is 0 Å². The summed E-state index contributed by atoms with van der Waals surface area (Å²) < 4.78 is 16.6. The lowest BCUT2D eigenvalue weighted by atomic mass is 9.89. The molecule has 25 heavy (non-hydrogen) atoms. The first-order valence-corrected chi connectivity index (χ1v) is 8.66. The highest BCUT2D eigenvalue weighted by Crippen LogP contribution is 2.32. The molecule has 0 saturated carbocycles. The van der Waals surface area contributed by atoms with Gasteiger partial charge in [-0.05, 0) is 74.7 Å². The van der Waals surface area contributed by atoms with E-state index in [1.165, 1.54) is 16.7 Å². The molecule has 4 heteroatoms. The van der Waals surface area contributed by atoms with Gasteiger partial charge in [-0.15, -0.1) is 0 Å². The topological polar surface area (TPSA) is 53.7 Å². The van der Waals surface area contributed by atoms with E-state index in [1.807, 2.05) is 26.0 Å². The molecule has 1 atom stereocenters. The summed E-state index contributed by atoms with van der Waals surface area (Å²) in [4.78, 5) is 0. The average molecular weight is 343 g/mol. The Morgan fingerprint density at radius 2 is 1.72 bits per heavy atom. The lowest BCUT2D eigenvalue weighted by Gasteiger charge is -2.20. The molecule has 0 aromatic heterocycles. The summed E-state index contributed by atoms with van der Waals surface area (Å²) >= 11 is 0. The number of benzene rings is 2. The maximum absolute atomic E-state index is 6.08. The molecule has 1 unspecified atom stereocenters. The second-order valence-corrected chi connectivity index (χ2v) is 6.51. The maximum atomic E-state index is 6.08. The summed E-state index contributed by atoms with van der Waals surface area (Å²) in [6.45, 7) is 6.70. The van der Waals surface area contributed by atoms with Gasteiger partial charge in [-0.25, -0.2) is 0 Å². The van der Waals surface area contributed by atoms with Crippen LogP contribution < -0.4 is 19.9 Å². The van der Waals surface area contributed by atoms with Gasteiger partial charge >= 0.3 is 0 Å². The number of methoxy groups -OCH3 is 2. The fourth-order valence-corrected chi connectivity index (χ4v) is 3.03. The largest absolute Gasteiger partial charge is 0.497 e. The highest BCUT2D eigenvalue weighted by atomic mass is 16.5. The standard InChI is InChI=1S/C21H29NO3/c1-14(2)25-21-12-16(6-9-20(21)24-5)11-17(13-22)19-8-7-18(23-4)10-15(19)3/h6-10,12,14,17H,11,13,22H2,1-5H3. The Labute approximate surface area is 150 Å². The summed E-state index contributed by atoms with van der Waals surface area (Å²) in [5, 5.41) is 0. The highest BCUT2D eigenvalue weighted by molar-refractivity contribution is 5.44. The second kappa shape index (κ2) is 8.77. The van der Waals surface area contributed by atoms with Crippen LogP contribution in [0, 0.1) is 6.92 Å². The van der Waals surface area contributed by atoms with Gasteiger partial charge in [0.2, 0.25) is 0 Å². The Morgan fingerprint density at radius 1 is 0.960 bits per heavy atom. The van der Waals surface area contributed by atoms with E-state index in [-0.39, 0.29) is 12.0 Å². The van der Waals surface area contributed by atoms with Crippen molar-refractivity contribution in [1.29, 1.82) is 0 Å². The predicted molar refractivity (Wildman–Crippen MR) is 102 cm³/mol. The van der Waals surface area contributed by atoms with Gasteiger partial charge in [-0.1, -0.05) is 12.1 Å². The molecule has 2 aromatic rings. The van der Waals surface area contributed by atoms with Crippen LogP contribution in [0.4, 0.5) is 0 Å². The second-order valence-electron chi connectivity index (χ2n) is 6.51. The van der Waals surface area contributed by atoms with Gasteiger partial charge in [0.15, 0.2) is 11.5 Å². The monoisotopic (exact) mass is 343 g/mol. The molecule has 0 aliphatic rings. The third-order valence-corrected chi connectivity index (χ3v) is 4.27. The van der Waals surface area contributed by atoms with Crippen LogP contribution in [0.1, 0.15) is 36.5 Å². The van der Waals surface area contributed by atoms with Crippen LogP contribution >= 0.6 is 0 Å². The minimum Gasteiger partial charge on any atom is -0.497 e. The van der Waals surface area contributed by atoms with Crippen molar-refractivity contribution < 1.29 is 14.2 Å². The van der Waals surface area contributed by atoms with Gasteiger partial charge in [-0.2, -0.15) is 0 Å². The Balaban J connectivity index is 2.26. The minimum absolute atomic E-state index is 0.0956. The van der Waals surface area contributed by atoms with Crippen molar-refractivity contribution in [3.63, 3.8) is 0 Å². The molecule has 2 N–H and O–H groups in total. The first kappa shape index (κ1) is 19.1. The molecule has 0 fully saturated rings. The number of rotatable bonds is 8. The van der Waals surface area contributed by atoms with E-state index < -0.39 is 0 Å². The van der Waals surface area contributed by atoms with Crippen molar-refractivity contribution in [2.24, 2.45) is 5.73 Å². The third kappa shape index (κ3) is 4.89. The van der Waals surface area contributed by atoms with Crippen molar-refractivity contribution in [2.75, 3.05) is 20.8 Å². The van der Waals surface area contributed by atoms with Crippen LogP contribution in [-0.2, 0) is 6.42 Å². The zero-order chi connectivity index (χ0) is 18.4.